The van der Waals surface area contributed by atoms with Crippen LogP contribution in [0.1, 0.15) is 29.7 Å². The summed E-state index contributed by atoms with van der Waals surface area (Å²) in [7, 11) is 1.55. The lowest BCUT2D eigenvalue weighted by atomic mass is 9.95. The number of benzene rings is 3. The Morgan fingerprint density at radius 1 is 1.11 bits per heavy atom. The van der Waals surface area contributed by atoms with Crippen LogP contribution in [-0.2, 0) is 16.0 Å². The number of aliphatic hydroxyl groups is 1. The molecule has 1 aliphatic rings. The smallest absolute Gasteiger partial charge is 0.301 e. The molecule has 0 saturated carbocycles. The van der Waals surface area contributed by atoms with Gasteiger partial charge in [0.05, 0.1) is 28.9 Å². The number of thiazole rings is 1. The van der Waals surface area contributed by atoms with E-state index in [2.05, 4.69) is 33.9 Å². The number of Topliss-reactive ketones (excluding diaryl/α,β-unsaturated/α-hetero) is 1. The molecule has 5 rings (SSSR count). The molecule has 1 unspecified atom stereocenters. The van der Waals surface area contributed by atoms with Crippen molar-refractivity contribution >= 4 is 60.1 Å². The second-order valence-corrected chi connectivity index (χ2v) is 10.0. The van der Waals surface area contributed by atoms with Crippen molar-refractivity contribution in [3.63, 3.8) is 0 Å². The summed E-state index contributed by atoms with van der Waals surface area (Å²) in [5.41, 5.74) is 3.04. The van der Waals surface area contributed by atoms with Crippen molar-refractivity contribution in [3.05, 3.63) is 93.5 Å². The van der Waals surface area contributed by atoms with Crippen molar-refractivity contribution in [1.82, 2.24) is 4.98 Å². The minimum absolute atomic E-state index is 0.0202. The zero-order valence-corrected chi connectivity index (χ0v) is 21.4. The van der Waals surface area contributed by atoms with E-state index in [9.17, 15) is 14.7 Å². The first kappa shape index (κ1) is 23.3. The molecular formula is C27H21BrN2O4S. The molecule has 1 aliphatic heterocycles. The SMILES string of the molecule is CCc1ccc2nc(N3C(=O)C(=O)/C(=C(/O)c4ccc(OC)cc4)C3c3cccc(Br)c3)sc2c1. The highest BCUT2D eigenvalue weighted by Crippen LogP contribution is 2.44. The van der Waals surface area contributed by atoms with Gasteiger partial charge in [0.15, 0.2) is 5.13 Å². The molecule has 4 aromatic rings. The summed E-state index contributed by atoms with van der Waals surface area (Å²) in [5.74, 6) is -1.10. The Labute approximate surface area is 214 Å². The van der Waals surface area contributed by atoms with Gasteiger partial charge in [0.1, 0.15) is 11.5 Å². The van der Waals surface area contributed by atoms with E-state index in [0.717, 1.165) is 26.7 Å². The topological polar surface area (TPSA) is 79.7 Å². The third-order valence-corrected chi connectivity index (χ3v) is 7.54. The molecule has 35 heavy (non-hydrogen) atoms. The summed E-state index contributed by atoms with van der Waals surface area (Å²) in [4.78, 5) is 32.8. The van der Waals surface area contributed by atoms with Gasteiger partial charge in [0, 0.05) is 10.0 Å². The van der Waals surface area contributed by atoms with E-state index < -0.39 is 17.7 Å². The fourth-order valence-corrected chi connectivity index (χ4v) is 5.68. The third kappa shape index (κ3) is 4.13. The Bertz CT molecular complexity index is 1490. The molecule has 1 aromatic heterocycles. The molecule has 0 radical (unpaired) electrons. The number of aromatic nitrogens is 1. The molecular weight excluding hydrogens is 528 g/mol. The summed E-state index contributed by atoms with van der Waals surface area (Å²) in [5, 5.41) is 11.7. The standard InChI is InChI=1S/C27H21BrN2O4S/c1-3-15-7-12-20-21(13-15)35-27(29-20)30-23(17-5-4-6-18(28)14-17)22(25(32)26(30)33)24(31)16-8-10-19(34-2)11-9-16/h4-14,23,31H,3H2,1-2H3/b24-22+. The summed E-state index contributed by atoms with van der Waals surface area (Å²) < 4.78 is 6.93. The van der Waals surface area contributed by atoms with Crippen molar-refractivity contribution < 1.29 is 19.4 Å². The lowest BCUT2D eigenvalue weighted by molar-refractivity contribution is -0.132. The number of aliphatic hydroxyl groups excluding tert-OH is 1. The zero-order valence-electron chi connectivity index (χ0n) is 19.0. The molecule has 1 amide bonds. The number of anilines is 1. The minimum Gasteiger partial charge on any atom is -0.507 e. The fraction of sp³-hybridized carbons (Fsp3) is 0.148. The Balaban J connectivity index is 1.70. The third-order valence-electron chi connectivity index (χ3n) is 6.03. The van der Waals surface area contributed by atoms with Crippen LogP contribution in [0.5, 0.6) is 5.75 Å². The monoisotopic (exact) mass is 548 g/mol. The van der Waals surface area contributed by atoms with E-state index in [-0.39, 0.29) is 11.3 Å². The normalized spacial score (nSPS) is 17.3. The molecule has 0 bridgehead atoms. The van der Waals surface area contributed by atoms with Gasteiger partial charge in [-0.3, -0.25) is 14.5 Å². The minimum atomic E-state index is -0.833. The molecule has 1 fully saturated rings. The van der Waals surface area contributed by atoms with Crippen LogP contribution in [0.15, 0.2) is 76.8 Å². The van der Waals surface area contributed by atoms with Crippen LogP contribution in [0.3, 0.4) is 0 Å². The zero-order chi connectivity index (χ0) is 24.7. The summed E-state index contributed by atoms with van der Waals surface area (Å²) in [6.45, 7) is 2.08. The Morgan fingerprint density at radius 3 is 2.57 bits per heavy atom. The number of carbonyl (C=O) groups excluding carboxylic acids is 2. The van der Waals surface area contributed by atoms with Crippen LogP contribution < -0.4 is 9.64 Å². The maximum absolute atomic E-state index is 13.4. The number of rotatable bonds is 5. The number of nitrogens with zero attached hydrogens (tertiary/aromatic N) is 2. The van der Waals surface area contributed by atoms with E-state index in [4.69, 9.17) is 4.74 Å². The molecule has 1 atom stereocenters. The van der Waals surface area contributed by atoms with Crippen LogP contribution in [0, 0.1) is 0 Å². The summed E-state index contributed by atoms with van der Waals surface area (Å²) in [6, 6.07) is 19.2. The number of hydrogen-bond acceptors (Lipinski definition) is 6. The van der Waals surface area contributed by atoms with Crippen molar-refractivity contribution in [2.45, 2.75) is 19.4 Å². The number of aryl methyl sites for hydroxylation is 1. The maximum atomic E-state index is 13.4. The molecule has 6 nitrogen and oxygen atoms in total. The predicted molar refractivity (Wildman–Crippen MR) is 141 cm³/mol. The van der Waals surface area contributed by atoms with Gasteiger partial charge in [-0.1, -0.05) is 52.4 Å². The predicted octanol–water partition coefficient (Wildman–Crippen LogP) is 6.26. The van der Waals surface area contributed by atoms with Gasteiger partial charge in [0.2, 0.25) is 0 Å². The van der Waals surface area contributed by atoms with Crippen molar-refractivity contribution in [2.24, 2.45) is 0 Å². The number of ether oxygens (including phenoxy) is 1. The average molecular weight is 549 g/mol. The highest BCUT2D eigenvalue weighted by Gasteiger charge is 2.48. The van der Waals surface area contributed by atoms with Gasteiger partial charge >= 0.3 is 5.91 Å². The molecule has 8 heteroatoms. The van der Waals surface area contributed by atoms with Crippen molar-refractivity contribution in [3.8, 4) is 5.75 Å². The number of ketones is 1. The first-order valence-corrected chi connectivity index (χ1v) is 12.6. The molecule has 3 aromatic carbocycles. The molecule has 1 saturated heterocycles. The number of carbonyl (C=O) groups is 2. The van der Waals surface area contributed by atoms with E-state index in [0.29, 0.717) is 22.0 Å². The van der Waals surface area contributed by atoms with Crippen LogP contribution in [-0.4, -0.2) is 28.9 Å². The van der Waals surface area contributed by atoms with Crippen LogP contribution >= 0.6 is 27.3 Å². The molecule has 0 aliphatic carbocycles. The lowest BCUT2D eigenvalue weighted by Crippen LogP contribution is -2.29. The van der Waals surface area contributed by atoms with Gasteiger partial charge < -0.3 is 9.84 Å². The van der Waals surface area contributed by atoms with Crippen LogP contribution in [0.4, 0.5) is 5.13 Å². The van der Waals surface area contributed by atoms with Crippen LogP contribution in [0.25, 0.3) is 16.0 Å². The van der Waals surface area contributed by atoms with Crippen molar-refractivity contribution in [1.29, 1.82) is 0 Å². The van der Waals surface area contributed by atoms with E-state index in [1.165, 1.54) is 16.2 Å². The number of amides is 1. The number of fused-ring (bicyclic) bond motifs is 1. The largest absolute Gasteiger partial charge is 0.507 e. The Morgan fingerprint density at radius 2 is 1.89 bits per heavy atom. The van der Waals surface area contributed by atoms with E-state index >= 15 is 0 Å². The van der Waals surface area contributed by atoms with Crippen molar-refractivity contribution in [2.75, 3.05) is 12.0 Å². The molecule has 1 N–H and O–H groups in total. The second-order valence-electron chi connectivity index (χ2n) is 8.10. The van der Waals surface area contributed by atoms with Gasteiger partial charge in [0.25, 0.3) is 5.78 Å². The Hall–Kier alpha value is -3.49. The first-order valence-electron chi connectivity index (χ1n) is 11.0. The highest BCUT2D eigenvalue weighted by molar-refractivity contribution is 9.10. The highest BCUT2D eigenvalue weighted by atomic mass is 79.9. The van der Waals surface area contributed by atoms with Gasteiger partial charge in [-0.15, -0.1) is 0 Å². The average Bonchev–Trinajstić information content (AvgIpc) is 3.41. The fourth-order valence-electron chi connectivity index (χ4n) is 4.21. The van der Waals surface area contributed by atoms with E-state index in [1.54, 1.807) is 31.4 Å². The van der Waals surface area contributed by atoms with Gasteiger partial charge in [-0.2, -0.15) is 0 Å². The second kappa shape index (κ2) is 9.28. The van der Waals surface area contributed by atoms with Crippen LogP contribution in [0.2, 0.25) is 0 Å². The van der Waals surface area contributed by atoms with Gasteiger partial charge in [-0.25, -0.2) is 4.98 Å². The maximum Gasteiger partial charge on any atom is 0.301 e. The number of halogens is 1. The molecule has 0 spiro atoms. The summed E-state index contributed by atoms with van der Waals surface area (Å²) >= 11 is 4.84. The summed E-state index contributed by atoms with van der Waals surface area (Å²) in [6.07, 6.45) is 0.883. The number of hydrogen-bond donors (Lipinski definition) is 1. The molecule has 2 heterocycles. The molecule has 176 valence electrons. The van der Waals surface area contributed by atoms with Gasteiger partial charge in [-0.05, 0) is 66.1 Å². The van der Waals surface area contributed by atoms with E-state index in [1.807, 2.05) is 36.4 Å². The quantitative estimate of drug-likeness (QED) is 0.181. The number of methoxy groups -OCH3 is 1. The Kier molecular flexibility index (Phi) is 6.17. The lowest BCUT2D eigenvalue weighted by Gasteiger charge is -2.23. The first-order chi connectivity index (χ1) is 16.9.